The van der Waals surface area contributed by atoms with Crippen LogP contribution in [0.5, 0.6) is 0 Å². The molecular formula is C14H20O3. The SMILES string of the molecule is CCOC(=O)C1C(C)=CC(=O)C2CCCCC21. The Bertz CT molecular complexity index is 356. The van der Waals surface area contributed by atoms with Gasteiger partial charge in [0.15, 0.2) is 5.78 Å². The van der Waals surface area contributed by atoms with Gasteiger partial charge in [0.2, 0.25) is 0 Å². The minimum absolute atomic E-state index is 0.0573. The van der Waals surface area contributed by atoms with Crippen molar-refractivity contribution in [3.8, 4) is 0 Å². The largest absolute Gasteiger partial charge is 0.466 e. The first kappa shape index (κ1) is 12.3. The summed E-state index contributed by atoms with van der Waals surface area (Å²) in [4.78, 5) is 23.9. The molecule has 0 amide bonds. The number of hydrogen-bond donors (Lipinski definition) is 0. The van der Waals surface area contributed by atoms with Crippen molar-refractivity contribution >= 4 is 11.8 Å². The van der Waals surface area contributed by atoms with E-state index in [-0.39, 0.29) is 29.5 Å². The van der Waals surface area contributed by atoms with Crippen molar-refractivity contribution < 1.29 is 14.3 Å². The van der Waals surface area contributed by atoms with Crippen LogP contribution in [-0.2, 0) is 14.3 Å². The smallest absolute Gasteiger partial charge is 0.313 e. The van der Waals surface area contributed by atoms with Gasteiger partial charge in [0.25, 0.3) is 0 Å². The third kappa shape index (κ3) is 2.28. The number of ether oxygens (including phenoxy) is 1. The summed E-state index contributed by atoms with van der Waals surface area (Å²) in [7, 11) is 0. The Morgan fingerprint density at radius 1 is 1.41 bits per heavy atom. The zero-order valence-electron chi connectivity index (χ0n) is 10.6. The number of fused-ring (bicyclic) bond motifs is 1. The highest BCUT2D eigenvalue weighted by molar-refractivity contribution is 5.96. The van der Waals surface area contributed by atoms with E-state index >= 15 is 0 Å². The highest BCUT2D eigenvalue weighted by Crippen LogP contribution is 2.42. The maximum absolute atomic E-state index is 12.0. The standard InChI is InChI=1S/C14H20O3/c1-3-17-14(16)13-9(2)8-12(15)10-6-4-5-7-11(10)13/h8,10-11,13H,3-7H2,1-2H3. The quantitative estimate of drug-likeness (QED) is 0.692. The summed E-state index contributed by atoms with van der Waals surface area (Å²) in [5.41, 5.74) is 0.886. The average Bonchev–Trinajstić information content (AvgIpc) is 2.29. The molecule has 0 spiro atoms. The van der Waals surface area contributed by atoms with Crippen LogP contribution in [0, 0.1) is 17.8 Å². The van der Waals surface area contributed by atoms with Crippen molar-refractivity contribution in [3.05, 3.63) is 11.6 Å². The minimum atomic E-state index is -0.182. The van der Waals surface area contributed by atoms with E-state index in [2.05, 4.69) is 0 Å². The van der Waals surface area contributed by atoms with Gasteiger partial charge < -0.3 is 4.74 Å². The van der Waals surface area contributed by atoms with Crippen molar-refractivity contribution in [2.24, 2.45) is 17.8 Å². The van der Waals surface area contributed by atoms with E-state index in [0.29, 0.717) is 6.61 Å². The molecule has 3 nitrogen and oxygen atoms in total. The molecule has 0 aromatic rings. The number of hydrogen-bond acceptors (Lipinski definition) is 3. The topological polar surface area (TPSA) is 43.4 Å². The molecule has 3 atom stereocenters. The van der Waals surface area contributed by atoms with E-state index in [0.717, 1.165) is 31.3 Å². The lowest BCUT2D eigenvalue weighted by atomic mass is 9.65. The molecule has 17 heavy (non-hydrogen) atoms. The van der Waals surface area contributed by atoms with Crippen LogP contribution in [0.15, 0.2) is 11.6 Å². The number of carbonyl (C=O) groups excluding carboxylic acids is 2. The first-order chi connectivity index (χ1) is 8.15. The molecule has 2 aliphatic carbocycles. The van der Waals surface area contributed by atoms with Gasteiger partial charge in [-0.3, -0.25) is 9.59 Å². The van der Waals surface area contributed by atoms with Crippen LogP contribution in [-0.4, -0.2) is 18.4 Å². The molecular weight excluding hydrogens is 216 g/mol. The van der Waals surface area contributed by atoms with Gasteiger partial charge in [-0.05, 0) is 38.7 Å². The van der Waals surface area contributed by atoms with Gasteiger partial charge in [0, 0.05) is 5.92 Å². The van der Waals surface area contributed by atoms with Gasteiger partial charge >= 0.3 is 5.97 Å². The lowest BCUT2D eigenvalue weighted by Gasteiger charge is -2.38. The van der Waals surface area contributed by atoms with Gasteiger partial charge in [0.1, 0.15) is 0 Å². The number of allylic oxidation sites excluding steroid dienone is 1. The second-order valence-corrected chi connectivity index (χ2v) is 5.08. The van der Waals surface area contributed by atoms with E-state index in [1.165, 1.54) is 0 Å². The first-order valence-corrected chi connectivity index (χ1v) is 6.53. The summed E-state index contributed by atoms with van der Waals surface area (Å²) in [6, 6.07) is 0. The van der Waals surface area contributed by atoms with E-state index in [9.17, 15) is 9.59 Å². The Labute approximate surface area is 102 Å². The molecule has 3 unspecified atom stereocenters. The molecule has 0 N–H and O–H groups in total. The zero-order chi connectivity index (χ0) is 12.4. The van der Waals surface area contributed by atoms with Gasteiger partial charge in [-0.2, -0.15) is 0 Å². The zero-order valence-corrected chi connectivity index (χ0v) is 10.6. The summed E-state index contributed by atoms with van der Waals surface area (Å²) in [6.07, 6.45) is 5.80. The van der Waals surface area contributed by atoms with E-state index < -0.39 is 0 Å². The van der Waals surface area contributed by atoms with Crippen LogP contribution in [0.3, 0.4) is 0 Å². The van der Waals surface area contributed by atoms with Crippen molar-refractivity contribution in [2.45, 2.75) is 39.5 Å². The molecule has 0 aliphatic heterocycles. The van der Waals surface area contributed by atoms with Crippen molar-refractivity contribution in [3.63, 3.8) is 0 Å². The Hall–Kier alpha value is -1.12. The van der Waals surface area contributed by atoms with Gasteiger partial charge in [0.05, 0.1) is 12.5 Å². The molecule has 0 aromatic carbocycles. The molecule has 0 saturated heterocycles. The summed E-state index contributed by atoms with van der Waals surface area (Å²) in [6.45, 7) is 4.11. The molecule has 0 heterocycles. The fourth-order valence-corrected chi connectivity index (χ4v) is 3.26. The van der Waals surface area contributed by atoms with Crippen LogP contribution in [0.25, 0.3) is 0 Å². The predicted molar refractivity (Wildman–Crippen MR) is 64.3 cm³/mol. The number of carbonyl (C=O) groups is 2. The molecule has 94 valence electrons. The predicted octanol–water partition coefficient (Wildman–Crippen LogP) is 2.50. The Morgan fingerprint density at radius 2 is 2.12 bits per heavy atom. The molecule has 0 aromatic heterocycles. The maximum atomic E-state index is 12.0. The Morgan fingerprint density at radius 3 is 2.82 bits per heavy atom. The molecule has 2 aliphatic rings. The summed E-state index contributed by atoms with van der Waals surface area (Å²) >= 11 is 0. The van der Waals surface area contributed by atoms with Gasteiger partial charge in [-0.15, -0.1) is 0 Å². The fraction of sp³-hybridized carbons (Fsp3) is 0.714. The summed E-state index contributed by atoms with van der Waals surface area (Å²) in [5, 5.41) is 0. The van der Waals surface area contributed by atoms with Crippen molar-refractivity contribution in [1.29, 1.82) is 0 Å². The summed E-state index contributed by atoms with van der Waals surface area (Å²) in [5.74, 6) is 0.124. The summed E-state index contributed by atoms with van der Waals surface area (Å²) < 4.78 is 5.14. The van der Waals surface area contributed by atoms with Crippen LogP contribution in [0.1, 0.15) is 39.5 Å². The van der Waals surface area contributed by atoms with E-state index in [1.807, 2.05) is 13.8 Å². The van der Waals surface area contributed by atoms with Crippen LogP contribution >= 0.6 is 0 Å². The molecule has 0 bridgehead atoms. The molecule has 2 rings (SSSR count). The monoisotopic (exact) mass is 236 g/mol. The molecule has 3 heteroatoms. The fourth-order valence-electron chi connectivity index (χ4n) is 3.26. The molecule has 0 radical (unpaired) electrons. The lowest BCUT2D eigenvalue weighted by Crippen LogP contribution is -2.40. The Kier molecular flexibility index (Phi) is 3.65. The van der Waals surface area contributed by atoms with Crippen LogP contribution < -0.4 is 0 Å². The maximum Gasteiger partial charge on any atom is 0.313 e. The second-order valence-electron chi connectivity index (χ2n) is 5.08. The normalized spacial score (nSPS) is 32.7. The second kappa shape index (κ2) is 5.03. The van der Waals surface area contributed by atoms with Gasteiger partial charge in [-0.25, -0.2) is 0 Å². The van der Waals surface area contributed by atoms with Gasteiger partial charge in [-0.1, -0.05) is 18.4 Å². The highest BCUT2D eigenvalue weighted by atomic mass is 16.5. The van der Waals surface area contributed by atoms with E-state index in [4.69, 9.17) is 4.74 Å². The minimum Gasteiger partial charge on any atom is -0.466 e. The van der Waals surface area contributed by atoms with Crippen molar-refractivity contribution in [1.82, 2.24) is 0 Å². The number of rotatable bonds is 2. The third-order valence-electron chi connectivity index (χ3n) is 4.01. The Balaban J connectivity index is 2.25. The third-order valence-corrected chi connectivity index (χ3v) is 4.01. The van der Waals surface area contributed by atoms with E-state index in [1.54, 1.807) is 6.08 Å². The molecule has 1 fully saturated rings. The van der Waals surface area contributed by atoms with Crippen LogP contribution in [0.2, 0.25) is 0 Å². The lowest BCUT2D eigenvalue weighted by molar-refractivity contribution is -0.150. The van der Waals surface area contributed by atoms with Crippen LogP contribution in [0.4, 0.5) is 0 Å². The number of ketones is 1. The number of esters is 1. The first-order valence-electron chi connectivity index (χ1n) is 6.53. The molecule has 1 saturated carbocycles. The highest BCUT2D eigenvalue weighted by Gasteiger charge is 2.43. The average molecular weight is 236 g/mol. The van der Waals surface area contributed by atoms with Crippen molar-refractivity contribution in [2.75, 3.05) is 6.61 Å².